The summed E-state index contributed by atoms with van der Waals surface area (Å²) in [4.78, 5) is 11.7. The first-order valence-electron chi connectivity index (χ1n) is 5.19. The fraction of sp³-hybridized carbons (Fsp3) is 0.545. The second-order valence-electron chi connectivity index (χ2n) is 3.63. The molecule has 1 aromatic heterocycles. The molecule has 1 aliphatic rings. The van der Waals surface area contributed by atoms with E-state index in [1.807, 2.05) is 0 Å². The molecule has 82 valence electrons. The summed E-state index contributed by atoms with van der Waals surface area (Å²) in [5.41, 5.74) is -0.0683. The first kappa shape index (κ1) is 10.2. The third-order valence-corrected chi connectivity index (χ3v) is 2.62. The van der Waals surface area contributed by atoms with Gasteiger partial charge in [0.15, 0.2) is 0 Å². The van der Waals surface area contributed by atoms with Crippen LogP contribution < -0.4 is 10.3 Å². The molecule has 0 radical (unpaired) electrons. The van der Waals surface area contributed by atoms with Gasteiger partial charge in [-0.3, -0.25) is 9.36 Å². The summed E-state index contributed by atoms with van der Waals surface area (Å²) in [6.45, 7) is 0.739. The van der Waals surface area contributed by atoms with Crippen LogP contribution in [0.4, 0.5) is 0 Å². The Bertz CT molecular complexity index is 380. The van der Waals surface area contributed by atoms with Gasteiger partial charge in [0.2, 0.25) is 0 Å². The van der Waals surface area contributed by atoms with Crippen LogP contribution in [0.15, 0.2) is 23.1 Å². The lowest BCUT2D eigenvalue weighted by Gasteiger charge is -2.24. The topological polar surface area (TPSA) is 40.5 Å². The van der Waals surface area contributed by atoms with Crippen molar-refractivity contribution in [3.8, 4) is 5.75 Å². The number of hydrogen-bond acceptors (Lipinski definition) is 3. The summed E-state index contributed by atoms with van der Waals surface area (Å²) in [6.07, 6.45) is 4.74. The van der Waals surface area contributed by atoms with E-state index in [1.165, 1.54) is 6.07 Å². The van der Waals surface area contributed by atoms with Gasteiger partial charge in [0, 0.05) is 18.9 Å². The zero-order valence-electron chi connectivity index (χ0n) is 8.81. The van der Waals surface area contributed by atoms with Crippen molar-refractivity contribution in [3.05, 3.63) is 28.7 Å². The number of hydrogen-bond donors (Lipinski definition) is 0. The van der Waals surface area contributed by atoms with Gasteiger partial charge in [-0.25, -0.2) is 0 Å². The van der Waals surface area contributed by atoms with Gasteiger partial charge in [-0.2, -0.15) is 0 Å². The smallest absolute Gasteiger partial charge is 0.256 e. The first-order valence-corrected chi connectivity index (χ1v) is 5.19. The molecular formula is C11H15NO3. The van der Waals surface area contributed by atoms with Crippen LogP contribution in [0.3, 0.4) is 0 Å². The van der Waals surface area contributed by atoms with Crippen molar-refractivity contribution in [2.24, 2.45) is 0 Å². The van der Waals surface area contributed by atoms with Crippen LogP contribution in [-0.4, -0.2) is 18.3 Å². The van der Waals surface area contributed by atoms with E-state index in [1.54, 1.807) is 23.9 Å². The number of ether oxygens (including phenoxy) is 2. The van der Waals surface area contributed by atoms with E-state index in [0.29, 0.717) is 5.75 Å². The number of nitrogens with zero attached hydrogens (tertiary/aromatic N) is 1. The molecule has 4 nitrogen and oxygen atoms in total. The van der Waals surface area contributed by atoms with Crippen molar-refractivity contribution in [2.75, 3.05) is 13.7 Å². The van der Waals surface area contributed by atoms with Gasteiger partial charge in [0.05, 0.1) is 7.11 Å². The summed E-state index contributed by atoms with van der Waals surface area (Å²) in [5.74, 6) is 0.590. The van der Waals surface area contributed by atoms with Crippen LogP contribution in [0, 0.1) is 0 Å². The second-order valence-corrected chi connectivity index (χ2v) is 3.63. The molecule has 0 N–H and O–H groups in total. The molecule has 1 aliphatic heterocycles. The van der Waals surface area contributed by atoms with Crippen LogP contribution >= 0.6 is 0 Å². The van der Waals surface area contributed by atoms with Crippen molar-refractivity contribution < 1.29 is 9.47 Å². The van der Waals surface area contributed by atoms with Gasteiger partial charge < -0.3 is 9.47 Å². The van der Waals surface area contributed by atoms with Crippen molar-refractivity contribution in [1.29, 1.82) is 0 Å². The summed E-state index contributed by atoms with van der Waals surface area (Å²) in [5, 5.41) is 0. The van der Waals surface area contributed by atoms with Gasteiger partial charge >= 0.3 is 0 Å². The quantitative estimate of drug-likeness (QED) is 0.742. The highest BCUT2D eigenvalue weighted by atomic mass is 16.5. The Labute approximate surface area is 88.4 Å². The van der Waals surface area contributed by atoms with E-state index < -0.39 is 0 Å². The molecule has 0 spiro atoms. The van der Waals surface area contributed by atoms with Crippen molar-refractivity contribution >= 4 is 0 Å². The minimum absolute atomic E-state index is 0.0683. The molecule has 0 unspecified atom stereocenters. The molecule has 0 aliphatic carbocycles. The zero-order valence-corrected chi connectivity index (χ0v) is 8.81. The van der Waals surface area contributed by atoms with Gasteiger partial charge in [-0.15, -0.1) is 0 Å². The highest BCUT2D eigenvalue weighted by Crippen LogP contribution is 2.21. The number of aromatic nitrogens is 1. The van der Waals surface area contributed by atoms with E-state index in [2.05, 4.69) is 0 Å². The van der Waals surface area contributed by atoms with E-state index in [0.717, 1.165) is 25.9 Å². The van der Waals surface area contributed by atoms with E-state index in [4.69, 9.17) is 9.47 Å². The van der Waals surface area contributed by atoms with Crippen LogP contribution in [0.2, 0.25) is 0 Å². The van der Waals surface area contributed by atoms with Crippen LogP contribution in [0.5, 0.6) is 5.75 Å². The summed E-state index contributed by atoms with van der Waals surface area (Å²) in [6, 6.07) is 3.26. The minimum Gasteiger partial charge on any atom is -0.497 e. The highest BCUT2D eigenvalue weighted by Gasteiger charge is 2.16. The minimum atomic E-state index is -0.0999. The Morgan fingerprint density at radius 2 is 2.40 bits per heavy atom. The lowest BCUT2D eigenvalue weighted by molar-refractivity contribution is -0.0341. The van der Waals surface area contributed by atoms with E-state index in [9.17, 15) is 4.79 Å². The Morgan fingerprint density at radius 3 is 3.00 bits per heavy atom. The van der Waals surface area contributed by atoms with Gasteiger partial charge in [0.25, 0.3) is 5.56 Å². The maximum atomic E-state index is 11.7. The molecule has 1 saturated heterocycles. The molecule has 1 atom stereocenters. The largest absolute Gasteiger partial charge is 0.497 e. The normalized spacial score (nSPS) is 21.3. The Morgan fingerprint density at radius 1 is 1.53 bits per heavy atom. The maximum Gasteiger partial charge on any atom is 0.256 e. The Kier molecular flexibility index (Phi) is 3.06. The first-order chi connectivity index (χ1) is 7.31. The molecule has 0 aromatic carbocycles. The average molecular weight is 209 g/mol. The van der Waals surface area contributed by atoms with Crippen LogP contribution in [0.1, 0.15) is 25.5 Å². The molecule has 0 bridgehead atoms. The van der Waals surface area contributed by atoms with Crippen LogP contribution in [0.25, 0.3) is 0 Å². The molecule has 4 heteroatoms. The molecule has 15 heavy (non-hydrogen) atoms. The molecule has 2 rings (SSSR count). The molecule has 0 amide bonds. The monoisotopic (exact) mass is 209 g/mol. The summed E-state index contributed by atoms with van der Waals surface area (Å²) in [7, 11) is 1.55. The average Bonchev–Trinajstić information content (AvgIpc) is 2.30. The zero-order chi connectivity index (χ0) is 10.7. The highest BCUT2D eigenvalue weighted by molar-refractivity contribution is 5.17. The van der Waals surface area contributed by atoms with Gasteiger partial charge in [-0.05, 0) is 25.3 Å². The second kappa shape index (κ2) is 4.49. The number of rotatable bonds is 2. The summed E-state index contributed by atoms with van der Waals surface area (Å²) >= 11 is 0. The lowest BCUT2D eigenvalue weighted by Crippen LogP contribution is -2.27. The predicted octanol–water partition coefficient (Wildman–Crippen LogP) is 1.56. The van der Waals surface area contributed by atoms with Gasteiger partial charge in [-0.1, -0.05) is 0 Å². The van der Waals surface area contributed by atoms with Crippen LogP contribution in [-0.2, 0) is 4.74 Å². The Hall–Kier alpha value is -1.29. The molecule has 1 fully saturated rings. The fourth-order valence-corrected chi connectivity index (χ4v) is 1.78. The molecule has 1 aromatic rings. The SMILES string of the molecule is COc1ccn([C@@H]2CCCCO2)c(=O)c1. The number of methoxy groups -OCH3 is 1. The Balaban J connectivity index is 2.24. The standard InChI is InChI=1S/C11H15NO3/c1-14-9-5-6-12(10(13)8-9)11-4-2-3-7-15-11/h5-6,8,11H,2-4,7H2,1H3/t11-/m0/s1. The van der Waals surface area contributed by atoms with Crippen molar-refractivity contribution in [2.45, 2.75) is 25.5 Å². The van der Waals surface area contributed by atoms with E-state index in [-0.39, 0.29) is 11.8 Å². The lowest BCUT2D eigenvalue weighted by atomic mass is 10.2. The molecule has 0 saturated carbocycles. The third kappa shape index (κ3) is 2.21. The number of pyridine rings is 1. The molecular weight excluding hydrogens is 194 g/mol. The predicted molar refractivity (Wildman–Crippen MR) is 56.1 cm³/mol. The maximum absolute atomic E-state index is 11.7. The van der Waals surface area contributed by atoms with Crippen molar-refractivity contribution in [3.63, 3.8) is 0 Å². The van der Waals surface area contributed by atoms with Gasteiger partial charge in [0.1, 0.15) is 12.0 Å². The van der Waals surface area contributed by atoms with E-state index >= 15 is 0 Å². The summed E-state index contributed by atoms with van der Waals surface area (Å²) < 4.78 is 12.2. The molecule has 2 heterocycles. The third-order valence-electron chi connectivity index (χ3n) is 2.62. The van der Waals surface area contributed by atoms with Crippen molar-refractivity contribution in [1.82, 2.24) is 4.57 Å². The fourth-order valence-electron chi connectivity index (χ4n) is 1.78.